The zero-order valence-corrected chi connectivity index (χ0v) is 11.2. The molecular formula is C11H25ClN2O. The number of rotatable bonds is 5. The Hall–Kier alpha value is 0.170. The third-order valence-corrected chi connectivity index (χ3v) is 3.25. The van der Waals surface area contributed by atoms with E-state index in [2.05, 4.69) is 31.1 Å². The van der Waals surface area contributed by atoms with E-state index in [1.807, 2.05) is 0 Å². The summed E-state index contributed by atoms with van der Waals surface area (Å²) in [7, 11) is 3.95. The summed E-state index contributed by atoms with van der Waals surface area (Å²) in [6.07, 6.45) is 1.29. The van der Waals surface area contributed by atoms with Crippen LogP contribution in [-0.4, -0.2) is 51.3 Å². The summed E-state index contributed by atoms with van der Waals surface area (Å²) < 4.78 is 5.16. The van der Waals surface area contributed by atoms with Gasteiger partial charge in [0.05, 0.1) is 6.61 Å². The predicted octanol–water partition coefficient (Wildman–Crippen LogP) is 1.37. The highest BCUT2D eigenvalue weighted by atomic mass is 35.5. The van der Waals surface area contributed by atoms with Gasteiger partial charge < -0.3 is 15.0 Å². The second-order valence-electron chi connectivity index (χ2n) is 4.96. The number of likely N-dealkylation sites (N-methyl/N-ethyl adjacent to an activating group) is 1. The molecule has 0 aromatic heterocycles. The molecule has 0 saturated carbocycles. The van der Waals surface area contributed by atoms with Crippen molar-refractivity contribution in [3.8, 4) is 0 Å². The lowest BCUT2D eigenvalue weighted by Crippen LogP contribution is -2.41. The van der Waals surface area contributed by atoms with Crippen molar-refractivity contribution in [1.29, 1.82) is 0 Å². The van der Waals surface area contributed by atoms with Crippen molar-refractivity contribution in [1.82, 2.24) is 10.2 Å². The normalized spacial score (nSPS) is 27.8. The zero-order chi connectivity index (χ0) is 10.6. The first-order valence-electron chi connectivity index (χ1n) is 5.47. The van der Waals surface area contributed by atoms with Crippen LogP contribution in [0.25, 0.3) is 0 Å². The molecule has 4 heteroatoms. The van der Waals surface area contributed by atoms with Crippen LogP contribution in [0.2, 0.25) is 0 Å². The van der Waals surface area contributed by atoms with Crippen LogP contribution in [0.5, 0.6) is 0 Å². The first-order valence-corrected chi connectivity index (χ1v) is 5.47. The Balaban J connectivity index is 0.00000196. The molecule has 0 aliphatic carbocycles. The van der Waals surface area contributed by atoms with Gasteiger partial charge in [0.15, 0.2) is 0 Å². The molecule has 0 aromatic carbocycles. The Labute approximate surface area is 100.0 Å². The molecule has 92 valence electrons. The highest BCUT2D eigenvalue weighted by molar-refractivity contribution is 5.85. The summed E-state index contributed by atoms with van der Waals surface area (Å²) in [5.74, 6) is 0. The fourth-order valence-corrected chi connectivity index (χ4v) is 2.13. The number of halogens is 1. The van der Waals surface area contributed by atoms with E-state index in [0.717, 1.165) is 19.7 Å². The fourth-order valence-electron chi connectivity index (χ4n) is 2.13. The van der Waals surface area contributed by atoms with Crippen molar-refractivity contribution >= 4 is 12.4 Å². The van der Waals surface area contributed by atoms with Gasteiger partial charge in [-0.2, -0.15) is 0 Å². The minimum atomic E-state index is 0. The minimum absolute atomic E-state index is 0. The number of hydrogen-bond acceptors (Lipinski definition) is 3. The van der Waals surface area contributed by atoms with Crippen molar-refractivity contribution in [2.24, 2.45) is 5.41 Å². The van der Waals surface area contributed by atoms with Gasteiger partial charge in [0.2, 0.25) is 0 Å². The fraction of sp³-hybridized carbons (Fsp3) is 1.00. The molecule has 1 fully saturated rings. The van der Waals surface area contributed by atoms with E-state index in [0.29, 0.717) is 11.5 Å². The summed E-state index contributed by atoms with van der Waals surface area (Å²) in [4.78, 5) is 2.40. The monoisotopic (exact) mass is 236 g/mol. The Morgan fingerprint density at radius 1 is 1.53 bits per heavy atom. The largest absolute Gasteiger partial charge is 0.383 e. The van der Waals surface area contributed by atoms with E-state index >= 15 is 0 Å². The van der Waals surface area contributed by atoms with E-state index in [1.54, 1.807) is 7.11 Å². The molecule has 0 amide bonds. The molecule has 0 bridgehead atoms. The van der Waals surface area contributed by atoms with Crippen molar-refractivity contribution in [3.63, 3.8) is 0 Å². The molecule has 2 atom stereocenters. The summed E-state index contributed by atoms with van der Waals surface area (Å²) in [6, 6.07) is 0.512. The summed E-state index contributed by atoms with van der Waals surface area (Å²) in [5.41, 5.74) is 0.455. The standard InChI is InChI=1S/C11H24N2O.ClH/c1-10(7-14-4)13(3)9-11(2)5-6-12-8-11;/h10,12H,5-9H2,1-4H3;1H. The van der Waals surface area contributed by atoms with Crippen molar-refractivity contribution < 1.29 is 4.74 Å². The second-order valence-corrected chi connectivity index (χ2v) is 4.96. The molecule has 1 aliphatic rings. The third-order valence-electron chi connectivity index (χ3n) is 3.25. The van der Waals surface area contributed by atoms with Crippen LogP contribution in [-0.2, 0) is 4.74 Å². The smallest absolute Gasteiger partial charge is 0.0615 e. The van der Waals surface area contributed by atoms with Gasteiger partial charge >= 0.3 is 0 Å². The van der Waals surface area contributed by atoms with Gasteiger partial charge in [-0.15, -0.1) is 12.4 Å². The lowest BCUT2D eigenvalue weighted by Gasteiger charge is -2.32. The average molecular weight is 237 g/mol. The molecule has 1 rings (SSSR count). The first-order chi connectivity index (χ1) is 6.57. The Kier molecular flexibility index (Phi) is 6.76. The molecule has 15 heavy (non-hydrogen) atoms. The van der Waals surface area contributed by atoms with Crippen LogP contribution >= 0.6 is 12.4 Å². The third kappa shape index (κ3) is 4.68. The van der Waals surface area contributed by atoms with E-state index in [1.165, 1.54) is 13.0 Å². The van der Waals surface area contributed by atoms with Gasteiger partial charge in [-0.3, -0.25) is 0 Å². The van der Waals surface area contributed by atoms with E-state index < -0.39 is 0 Å². The molecule has 1 aliphatic heterocycles. The van der Waals surface area contributed by atoms with Gasteiger partial charge in [-0.05, 0) is 32.4 Å². The molecule has 1 saturated heterocycles. The molecule has 1 heterocycles. The number of nitrogens with zero attached hydrogens (tertiary/aromatic N) is 1. The van der Waals surface area contributed by atoms with E-state index in [-0.39, 0.29) is 12.4 Å². The summed E-state index contributed by atoms with van der Waals surface area (Å²) in [6.45, 7) is 8.88. The highest BCUT2D eigenvalue weighted by Crippen LogP contribution is 2.25. The second kappa shape index (κ2) is 6.69. The van der Waals surface area contributed by atoms with Crippen LogP contribution < -0.4 is 5.32 Å². The molecular weight excluding hydrogens is 212 g/mol. The minimum Gasteiger partial charge on any atom is -0.383 e. The predicted molar refractivity (Wildman–Crippen MR) is 66.8 cm³/mol. The molecule has 0 radical (unpaired) electrons. The number of nitrogens with one attached hydrogen (secondary N) is 1. The quantitative estimate of drug-likeness (QED) is 0.781. The van der Waals surface area contributed by atoms with Crippen LogP contribution in [0.1, 0.15) is 20.3 Å². The van der Waals surface area contributed by atoms with Gasteiger partial charge in [-0.1, -0.05) is 6.92 Å². The Bertz CT molecular complexity index is 172. The van der Waals surface area contributed by atoms with Gasteiger partial charge in [0.1, 0.15) is 0 Å². The molecule has 0 aromatic rings. The maximum Gasteiger partial charge on any atom is 0.0615 e. The van der Waals surface area contributed by atoms with Crippen LogP contribution in [0.4, 0.5) is 0 Å². The summed E-state index contributed by atoms with van der Waals surface area (Å²) in [5, 5.41) is 3.43. The highest BCUT2D eigenvalue weighted by Gasteiger charge is 2.30. The average Bonchev–Trinajstić information content (AvgIpc) is 2.52. The van der Waals surface area contributed by atoms with Crippen molar-refractivity contribution in [3.05, 3.63) is 0 Å². The maximum atomic E-state index is 5.16. The van der Waals surface area contributed by atoms with Crippen LogP contribution in [0.3, 0.4) is 0 Å². The van der Waals surface area contributed by atoms with Crippen molar-refractivity contribution in [2.45, 2.75) is 26.3 Å². The van der Waals surface area contributed by atoms with Gasteiger partial charge in [0.25, 0.3) is 0 Å². The molecule has 3 nitrogen and oxygen atoms in total. The number of hydrogen-bond donors (Lipinski definition) is 1. The zero-order valence-electron chi connectivity index (χ0n) is 10.4. The Morgan fingerprint density at radius 3 is 2.67 bits per heavy atom. The van der Waals surface area contributed by atoms with Crippen LogP contribution in [0, 0.1) is 5.41 Å². The first kappa shape index (κ1) is 15.2. The Morgan fingerprint density at radius 2 is 2.20 bits per heavy atom. The molecule has 0 spiro atoms. The maximum absolute atomic E-state index is 5.16. The van der Waals surface area contributed by atoms with Gasteiger partial charge in [0, 0.05) is 26.2 Å². The lowest BCUT2D eigenvalue weighted by atomic mass is 9.89. The number of methoxy groups -OCH3 is 1. The van der Waals surface area contributed by atoms with Crippen LogP contribution in [0.15, 0.2) is 0 Å². The van der Waals surface area contributed by atoms with Crippen molar-refractivity contribution in [2.75, 3.05) is 40.4 Å². The van der Waals surface area contributed by atoms with E-state index in [4.69, 9.17) is 4.74 Å². The SMILES string of the molecule is COCC(C)N(C)CC1(C)CCNC1.Cl. The topological polar surface area (TPSA) is 24.5 Å². The van der Waals surface area contributed by atoms with Gasteiger partial charge in [-0.25, -0.2) is 0 Å². The molecule has 2 unspecified atom stereocenters. The van der Waals surface area contributed by atoms with E-state index in [9.17, 15) is 0 Å². The lowest BCUT2D eigenvalue weighted by molar-refractivity contribution is 0.0906. The summed E-state index contributed by atoms with van der Waals surface area (Å²) >= 11 is 0. The number of ether oxygens (including phenoxy) is 1. The molecule has 1 N–H and O–H groups in total.